The molecule has 0 saturated heterocycles. The summed E-state index contributed by atoms with van der Waals surface area (Å²) in [7, 11) is 1.99. The largest absolute Gasteiger partial charge is 0.486 e. The van der Waals surface area contributed by atoms with Gasteiger partial charge in [-0.25, -0.2) is 0 Å². The molecule has 124 valence electrons. The number of para-hydroxylation sites is 2. The van der Waals surface area contributed by atoms with Crippen LogP contribution in [0.1, 0.15) is 36.3 Å². The van der Waals surface area contributed by atoms with Crippen LogP contribution < -0.4 is 14.8 Å². The first-order chi connectivity index (χ1) is 11.1. The van der Waals surface area contributed by atoms with Gasteiger partial charge < -0.3 is 14.8 Å². The molecule has 1 aromatic carbocycles. The van der Waals surface area contributed by atoms with Gasteiger partial charge in [-0.05, 0) is 32.4 Å². The number of hydrogen-bond acceptors (Lipinski definition) is 4. The fourth-order valence-electron chi connectivity index (χ4n) is 3.18. The number of ether oxygens (including phenoxy) is 2. The third-order valence-electron chi connectivity index (χ3n) is 4.48. The van der Waals surface area contributed by atoms with Crippen LogP contribution in [-0.4, -0.2) is 29.0 Å². The second-order valence-electron chi connectivity index (χ2n) is 6.07. The van der Waals surface area contributed by atoms with Crippen LogP contribution in [0, 0.1) is 13.8 Å². The number of benzene rings is 1. The highest BCUT2D eigenvalue weighted by Crippen LogP contribution is 2.31. The van der Waals surface area contributed by atoms with Crippen molar-refractivity contribution in [2.75, 3.05) is 13.2 Å². The highest BCUT2D eigenvalue weighted by atomic mass is 16.6. The molecule has 1 aliphatic heterocycles. The van der Waals surface area contributed by atoms with Crippen LogP contribution in [0.15, 0.2) is 24.3 Å². The first-order valence-electron chi connectivity index (χ1n) is 8.22. The molecule has 5 heteroatoms. The molecule has 23 heavy (non-hydrogen) atoms. The molecule has 2 aromatic rings. The van der Waals surface area contributed by atoms with Crippen molar-refractivity contribution in [3.8, 4) is 11.5 Å². The van der Waals surface area contributed by atoms with E-state index in [2.05, 4.69) is 31.2 Å². The van der Waals surface area contributed by atoms with E-state index >= 15 is 0 Å². The summed E-state index contributed by atoms with van der Waals surface area (Å²) in [5, 5.41) is 8.15. The summed E-state index contributed by atoms with van der Waals surface area (Å²) in [4.78, 5) is 0. The Kier molecular flexibility index (Phi) is 4.57. The topological polar surface area (TPSA) is 48.3 Å². The predicted octanol–water partition coefficient (Wildman–Crippen LogP) is 2.92. The molecule has 0 saturated carbocycles. The Morgan fingerprint density at radius 3 is 2.70 bits per heavy atom. The van der Waals surface area contributed by atoms with E-state index in [-0.39, 0.29) is 12.1 Å². The zero-order chi connectivity index (χ0) is 16.4. The Labute approximate surface area is 137 Å². The van der Waals surface area contributed by atoms with Gasteiger partial charge in [-0.1, -0.05) is 19.1 Å². The molecule has 1 aliphatic rings. The standard InChI is InChI=1S/C18H25N3O2/c1-5-15(18-12(2)20-21(4)13(18)3)19-10-14-11-22-16-8-6-7-9-17(16)23-14/h6-9,14-15,19H,5,10-11H2,1-4H3/t14-,15-/m0/s1. The second kappa shape index (κ2) is 6.62. The Balaban J connectivity index is 1.65. The van der Waals surface area contributed by atoms with Gasteiger partial charge in [0.15, 0.2) is 11.5 Å². The lowest BCUT2D eigenvalue weighted by Crippen LogP contribution is -2.39. The lowest BCUT2D eigenvalue weighted by atomic mass is 10.0. The van der Waals surface area contributed by atoms with E-state index in [1.165, 1.54) is 11.3 Å². The van der Waals surface area contributed by atoms with Crippen LogP contribution in [0.4, 0.5) is 0 Å². The number of aryl methyl sites for hydroxylation is 2. The average Bonchev–Trinajstić information content (AvgIpc) is 2.81. The third-order valence-corrected chi connectivity index (χ3v) is 4.48. The van der Waals surface area contributed by atoms with Gasteiger partial charge in [0.05, 0.1) is 5.69 Å². The highest BCUT2D eigenvalue weighted by molar-refractivity contribution is 5.40. The molecule has 0 bridgehead atoms. The fourth-order valence-corrected chi connectivity index (χ4v) is 3.18. The quantitative estimate of drug-likeness (QED) is 0.921. The minimum Gasteiger partial charge on any atom is -0.486 e. The Hall–Kier alpha value is -2.01. The first kappa shape index (κ1) is 15.9. The molecule has 3 rings (SSSR count). The summed E-state index contributed by atoms with van der Waals surface area (Å²) >= 11 is 0. The highest BCUT2D eigenvalue weighted by Gasteiger charge is 2.23. The van der Waals surface area contributed by atoms with Crippen molar-refractivity contribution < 1.29 is 9.47 Å². The van der Waals surface area contributed by atoms with Gasteiger partial charge in [0.1, 0.15) is 12.7 Å². The van der Waals surface area contributed by atoms with Crippen molar-refractivity contribution in [2.24, 2.45) is 7.05 Å². The molecule has 0 radical (unpaired) electrons. The number of hydrogen-bond donors (Lipinski definition) is 1. The predicted molar refractivity (Wildman–Crippen MR) is 90.1 cm³/mol. The number of fused-ring (bicyclic) bond motifs is 1. The van der Waals surface area contributed by atoms with Crippen molar-refractivity contribution in [1.82, 2.24) is 15.1 Å². The monoisotopic (exact) mass is 315 g/mol. The molecule has 2 heterocycles. The Bertz CT molecular complexity index is 681. The molecule has 0 aliphatic carbocycles. The van der Waals surface area contributed by atoms with Crippen LogP contribution in [0.2, 0.25) is 0 Å². The molecule has 2 atom stereocenters. The van der Waals surface area contributed by atoms with E-state index in [0.717, 1.165) is 30.2 Å². The van der Waals surface area contributed by atoms with Crippen molar-refractivity contribution in [2.45, 2.75) is 39.3 Å². The Morgan fingerprint density at radius 1 is 1.30 bits per heavy atom. The molecule has 5 nitrogen and oxygen atoms in total. The third kappa shape index (κ3) is 3.20. The van der Waals surface area contributed by atoms with Gasteiger partial charge in [0.2, 0.25) is 0 Å². The summed E-state index contributed by atoms with van der Waals surface area (Å²) < 4.78 is 13.7. The maximum atomic E-state index is 6.02. The van der Waals surface area contributed by atoms with Crippen LogP contribution >= 0.6 is 0 Å². The van der Waals surface area contributed by atoms with Crippen molar-refractivity contribution in [3.63, 3.8) is 0 Å². The number of nitrogens with one attached hydrogen (secondary N) is 1. The van der Waals surface area contributed by atoms with E-state index in [1.54, 1.807) is 0 Å². The molecule has 0 unspecified atom stereocenters. The van der Waals surface area contributed by atoms with Crippen LogP contribution in [0.3, 0.4) is 0 Å². The van der Waals surface area contributed by atoms with Crippen molar-refractivity contribution in [3.05, 3.63) is 41.2 Å². The van der Waals surface area contributed by atoms with E-state index in [4.69, 9.17) is 9.47 Å². The molecule has 0 spiro atoms. The van der Waals surface area contributed by atoms with Gasteiger partial charge in [0.25, 0.3) is 0 Å². The van der Waals surface area contributed by atoms with Crippen molar-refractivity contribution in [1.29, 1.82) is 0 Å². The first-order valence-corrected chi connectivity index (χ1v) is 8.22. The van der Waals surface area contributed by atoms with Gasteiger partial charge >= 0.3 is 0 Å². The van der Waals surface area contributed by atoms with Crippen LogP contribution in [0.25, 0.3) is 0 Å². The number of rotatable bonds is 5. The van der Waals surface area contributed by atoms with E-state index in [9.17, 15) is 0 Å². The molecular formula is C18H25N3O2. The van der Waals surface area contributed by atoms with Crippen LogP contribution in [0.5, 0.6) is 11.5 Å². The molecule has 1 aromatic heterocycles. The van der Waals surface area contributed by atoms with Gasteiger partial charge in [-0.3, -0.25) is 4.68 Å². The summed E-state index contributed by atoms with van der Waals surface area (Å²) in [6.45, 7) is 7.71. The van der Waals surface area contributed by atoms with E-state index in [0.29, 0.717) is 6.61 Å². The number of nitrogens with zero attached hydrogens (tertiary/aromatic N) is 2. The van der Waals surface area contributed by atoms with Gasteiger partial charge in [-0.15, -0.1) is 0 Å². The minimum absolute atomic E-state index is 0.0243. The lowest BCUT2D eigenvalue weighted by molar-refractivity contribution is 0.0879. The average molecular weight is 315 g/mol. The zero-order valence-electron chi connectivity index (χ0n) is 14.3. The molecule has 0 fully saturated rings. The SMILES string of the molecule is CC[C@H](NC[C@H]1COc2ccccc2O1)c1c(C)nn(C)c1C. The normalized spacial score (nSPS) is 18.0. The summed E-state index contributed by atoms with van der Waals surface area (Å²) in [5.74, 6) is 1.65. The fraction of sp³-hybridized carbons (Fsp3) is 0.500. The maximum absolute atomic E-state index is 6.02. The molecule has 0 amide bonds. The van der Waals surface area contributed by atoms with Crippen molar-refractivity contribution >= 4 is 0 Å². The smallest absolute Gasteiger partial charge is 0.161 e. The number of aromatic nitrogens is 2. The van der Waals surface area contributed by atoms with Gasteiger partial charge in [-0.2, -0.15) is 5.10 Å². The van der Waals surface area contributed by atoms with E-state index in [1.807, 2.05) is 36.0 Å². The molecule has 1 N–H and O–H groups in total. The second-order valence-corrected chi connectivity index (χ2v) is 6.07. The molecular weight excluding hydrogens is 290 g/mol. The lowest BCUT2D eigenvalue weighted by Gasteiger charge is -2.28. The summed E-state index contributed by atoms with van der Waals surface area (Å²) in [6.07, 6.45) is 1.04. The zero-order valence-corrected chi connectivity index (χ0v) is 14.3. The summed E-state index contributed by atoms with van der Waals surface area (Å²) in [5.41, 5.74) is 3.61. The van der Waals surface area contributed by atoms with Crippen LogP contribution in [-0.2, 0) is 7.05 Å². The summed E-state index contributed by atoms with van der Waals surface area (Å²) in [6, 6.07) is 8.10. The van der Waals surface area contributed by atoms with E-state index < -0.39 is 0 Å². The maximum Gasteiger partial charge on any atom is 0.161 e. The van der Waals surface area contributed by atoms with Gasteiger partial charge in [0, 0.05) is 30.9 Å². The Morgan fingerprint density at radius 2 is 2.04 bits per heavy atom. The minimum atomic E-state index is 0.0243.